The van der Waals surface area contributed by atoms with E-state index in [4.69, 9.17) is 10.8 Å². The van der Waals surface area contributed by atoms with Crippen molar-refractivity contribution in [2.24, 2.45) is 5.92 Å². The fourth-order valence-corrected chi connectivity index (χ4v) is 3.20. The van der Waals surface area contributed by atoms with Gasteiger partial charge >= 0.3 is 0 Å². The number of hydrogen-bond donors (Lipinski definition) is 2. The molecule has 0 aromatic heterocycles. The first-order chi connectivity index (χ1) is 6.72. The maximum absolute atomic E-state index is 7.62. The molecule has 0 bridgehead atoms. The predicted octanol–water partition coefficient (Wildman–Crippen LogP) is 2.89. The summed E-state index contributed by atoms with van der Waals surface area (Å²) in [6.45, 7) is 0. The van der Waals surface area contributed by atoms with Crippen molar-refractivity contribution in [3.63, 3.8) is 0 Å². The van der Waals surface area contributed by atoms with Crippen LogP contribution in [-0.4, -0.2) is 10.8 Å². The minimum absolute atomic E-state index is 0.436. The zero-order valence-electron chi connectivity index (χ0n) is 7.63. The molecule has 0 radical (unpaired) electrons. The molecule has 3 aliphatic rings. The molecule has 0 saturated carbocycles. The maximum atomic E-state index is 7.62. The quantitative estimate of drug-likeness (QED) is 0.623. The van der Waals surface area contributed by atoms with Crippen LogP contribution in [0.5, 0.6) is 0 Å². The molecule has 2 aliphatic carbocycles. The number of thioether (sulfide) groups is 1. The molecule has 14 heavy (non-hydrogen) atoms. The molecule has 3 rings (SSSR count). The van der Waals surface area contributed by atoms with Gasteiger partial charge in [0.05, 0.1) is 5.04 Å². The van der Waals surface area contributed by atoms with E-state index < -0.39 is 0 Å². The van der Waals surface area contributed by atoms with Crippen molar-refractivity contribution in [1.82, 2.24) is 0 Å². The summed E-state index contributed by atoms with van der Waals surface area (Å²) < 4.78 is 0. The van der Waals surface area contributed by atoms with Crippen LogP contribution in [0.25, 0.3) is 0 Å². The Kier molecular flexibility index (Phi) is 1.59. The van der Waals surface area contributed by atoms with Gasteiger partial charge in [-0.25, -0.2) is 0 Å². The highest BCUT2D eigenvalue weighted by molar-refractivity contribution is 8.17. The van der Waals surface area contributed by atoms with Crippen LogP contribution >= 0.6 is 11.8 Å². The molecule has 2 nitrogen and oxygen atoms in total. The summed E-state index contributed by atoms with van der Waals surface area (Å²) in [4.78, 5) is 1.29. The topological polar surface area (TPSA) is 47.7 Å². The summed E-state index contributed by atoms with van der Waals surface area (Å²) in [5, 5.41) is 16.0. The fourth-order valence-electron chi connectivity index (χ4n) is 2.16. The Morgan fingerprint density at radius 3 is 3.00 bits per heavy atom. The lowest BCUT2D eigenvalue weighted by Crippen LogP contribution is -2.00. The average molecular weight is 202 g/mol. The molecule has 0 amide bonds. The van der Waals surface area contributed by atoms with Crippen molar-refractivity contribution in [1.29, 1.82) is 10.8 Å². The standard InChI is InChI=1S/C11H10N2S/c12-9-2-6-1-8-5-11(13)14-10(8)4-7(6)3-9/h1,3-4,8,12-13H,2,5H2. The van der Waals surface area contributed by atoms with E-state index >= 15 is 0 Å². The lowest BCUT2D eigenvalue weighted by molar-refractivity contribution is 0.845. The molecule has 0 spiro atoms. The molecule has 1 atom stereocenters. The first-order valence-corrected chi connectivity index (χ1v) is 5.51. The first kappa shape index (κ1) is 8.24. The summed E-state index contributed by atoms with van der Waals surface area (Å²) in [5.74, 6) is 0.436. The second kappa shape index (κ2) is 2.70. The normalized spacial score (nSPS) is 29.4. The summed E-state index contributed by atoms with van der Waals surface area (Å²) in [6.07, 6.45) is 8.00. The van der Waals surface area contributed by atoms with Crippen LogP contribution in [0.3, 0.4) is 0 Å². The molecule has 2 N–H and O–H groups in total. The van der Waals surface area contributed by atoms with E-state index in [9.17, 15) is 0 Å². The molecule has 3 heteroatoms. The zero-order valence-corrected chi connectivity index (χ0v) is 8.45. The minimum Gasteiger partial charge on any atom is -0.305 e. The highest BCUT2D eigenvalue weighted by Crippen LogP contribution is 2.45. The lowest BCUT2D eigenvalue weighted by Gasteiger charge is -2.14. The number of rotatable bonds is 0. The van der Waals surface area contributed by atoms with E-state index in [2.05, 4.69) is 12.2 Å². The van der Waals surface area contributed by atoms with Crippen molar-refractivity contribution in [3.05, 3.63) is 34.3 Å². The Morgan fingerprint density at radius 1 is 1.29 bits per heavy atom. The van der Waals surface area contributed by atoms with Gasteiger partial charge in [0, 0.05) is 24.5 Å². The molecule has 1 heterocycles. The molecule has 0 aromatic rings. The Labute approximate surface area is 86.8 Å². The third-order valence-electron chi connectivity index (χ3n) is 2.79. The van der Waals surface area contributed by atoms with Crippen LogP contribution in [0.1, 0.15) is 12.8 Å². The highest BCUT2D eigenvalue weighted by Gasteiger charge is 2.30. The Morgan fingerprint density at radius 2 is 2.14 bits per heavy atom. The van der Waals surface area contributed by atoms with E-state index in [0.717, 1.165) is 17.9 Å². The predicted molar refractivity (Wildman–Crippen MR) is 60.0 cm³/mol. The average Bonchev–Trinajstić information content (AvgIpc) is 2.59. The minimum atomic E-state index is 0.436. The van der Waals surface area contributed by atoms with Crippen LogP contribution in [0, 0.1) is 16.7 Å². The molecular weight excluding hydrogens is 192 g/mol. The zero-order chi connectivity index (χ0) is 9.71. The van der Waals surface area contributed by atoms with Crippen LogP contribution in [0.4, 0.5) is 0 Å². The second-order valence-electron chi connectivity index (χ2n) is 3.88. The number of allylic oxidation sites excluding steroid dienone is 6. The second-order valence-corrected chi connectivity index (χ2v) is 5.04. The first-order valence-electron chi connectivity index (χ1n) is 4.69. The van der Waals surface area contributed by atoms with Gasteiger partial charge in [0.25, 0.3) is 0 Å². The Balaban J connectivity index is 2.05. The van der Waals surface area contributed by atoms with Crippen molar-refractivity contribution in [2.45, 2.75) is 12.8 Å². The summed E-state index contributed by atoms with van der Waals surface area (Å²) in [6, 6.07) is 0. The molecular formula is C11H10N2S. The third-order valence-corrected chi connectivity index (χ3v) is 3.86. The summed E-state index contributed by atoms with van der Waals surface area (Å²) in [7, 11) is 0. The maximum Gasteiger partial charge on any atom is 0.0695 e. The van der Waals surface area contributed by atoms with Crippen molar-refractivity contribution < 1.29 is 0 Å². The van der Waals surface area contributed by atoms with E-state index in [1.165, 1.54) is 16.1 Å². The van der Waals surface area contributed by atoms with Gasteiger partial charge in [0.15, 0.2) is 0 Å². The van der Waals surface area contributed by atoms with Crippen LogP contribution in [0.2, 0.25) is 0 Å². The highest BCUT2D eigenvalue weighted by atomic mass is 32.2. The molecule has 70 valence electrons. The van der Waals surface area contributed by atoms with Gasteiger partial charge in [-0.3, -0.25) is 5.41 Å². The number of fused-ring (bicyclic) bond motifs is 2. The molecule has 1 aliphatic heterocycles. The molecule has 1 unspecified atom stereocenters. The van der Waals surface area contributed by atoms with E-state index in [-0.39, 0.29) is 0 Å². The number of hydrogen-bond acceptors (Lipinski definition) is 3. The van der Waals surface area contributed by atoms with Crippen molar-refractivity contribution in [3.8, 4) is 0 Å². The van der Waals surface area contributed by atoms with Crippen LogP contribution in [-0.2, 0) is 0 Å². The van der Waals surface area contributed by atoms with Gasteiger partial charge < -0.3 is 5.41 Å². The summed E-state index contributed by atoms with van der Waals surface area (Å²) in [5.41, 5.74) is 3.20. The van der Waals surface area contributed by atoms with Gasteiger partial charge in [-0.05, 0) is 28.2 Å². The molecule has 1 saturated heterocycles. The fraction of sp³-hybridized carbons (Fsp3) is 0.273. The van der Waals surface area contributed by atoms with Gasteiger partial charge in [0.2, 0.25) is 0 Å². The third kappa shape index (κ3) is 1.12. The van der Waals surface area contributed by atoms with E-state index in [1.807, 2.05) is 6.08 Å². The lowest BCUT2D eigenvalue weighted by atomic mass is 9.93. The van der Waals surface area contributed by atoms with Gasteiger partial charge in [-0.2, -0.15) is 0 Å². The molecule has 0 aromatic carbocycles. The van der Waals surface area contributed by atoms with Crippen LogP contribution in [0.15, 0.2) is 34.3 Å². The van der Waals surface area contributed by atoms with E-state index in [0.29, 0.717) is 11.6 Å². The largest absolute Gasteiger partial charge is 0.305 e. The summed E-state index contributed by atoms with van der Waals surface area (Å²) >= 11 is 1.59. The van der Waals surface area contributed by atoms with Gasteiger partial charge in [-0.1, -0.05) is 17.8 Å². The van der Waals surface area contributed by atoms with Gasteiger partial charge in [-0.15, -0.1) is 0 Å². The Bertz CT molecular complexity index is 440. The Hall–Kier alpha value is -1.09. The van der Waals surface area contributed by atoms with Crippen LogP contribution < -0.4 is 0 Å². The number of nitrogens with one attached hydrogen (secondary N) is 2. The smallest absolute Gasteiger partial charge is 0.0695 e. The monoisotopic (exact) mass is 202 g/mol. The van der Waals surface area contributed by atoms with Crippen molar-refractivity contribution >= 4 is 22.5 Å². The SMILES string of the molecule is N=C1C=C2C=C3SC(=N)CC3C=C2C1. The van der Waals surface area contributed by atoms with E-state index in [1.54, 1.807) is 11.8 Å². The van der Waals surface area contributed by atoms with Crippen molar-refractivity contribution in [2.75, 3.05) is 0 Å². The molecule has 1 fully saturated rings. The van der Waals surface area contributed by atoms with Gasteiger partial charge in [0.1, 0.15) is 0 Å².